The summed E-state index contributed by atoms with van der Waals surface area (Å²) in [6, 6.07) is 4.91. The second-order valence-electron chi connectivity index (χ2n) is 5.91. The molecule has 7 nitrogen and oxygen atoms in total. The number of halogens is 2. The molecular formula is C18H21Cl2N3O4. The normalized spacial score (nSPS) is 10.6. The van der Waals surface area contributed by atoms with E-state index in [1.54, 1.807) is 36.9 Å². The lowest BCUT2D eigenvalue weighted by Crippen LogP contribution is -2.21. The van der Waals surface area contributed by atoms with E-state index in [0.717, 1.165) is 5.69 Å². The molecule has 0 aliphatic rings. The summed E-state index contributed by atoms with van der Waals surface area (Å²) >= 11 is 11.8. The minimum absolute atomic E-state index is 0.128. The van der Waals surface area contributed by atoms with Crippen LogP contribution in [0.1, 0.15) is 24.2 Å². The van der Waals surface area contributed by atoms with Gasteiger partial charge in [0, 0.05) is 18.5 Å². The van der Waals surface area contributed by atoms with Crippen molar-refractivity contribution in [3.8, 4) is 5.75 Å². The molecule has 1 N–H and O–H groups in total. The molecule has 9 heteroatoms. The zero-order valence-corrected chi connectivity index (χ0v) is 16.9. The van der Waals surface area contributed by atoms with E-state index in [1.807, 2.05) is 6.92 Å². The van der Waals surface area contributed by atoms with Gasteiger partial charge >= 0.3 is 5.97 Å². The summed E-state index contributed by atoms with van der Waals surface area (Å²) in [7, 11) is 1.79. The number of hydrogen-bond donors (Lipinski definition) is 1. The zero-order chi connectivity index (χ0) is 20.0. The van der Waals surface area contributed by atoms with Gasteiger partial charge in [0.15, 0.2) is 6.61 Å². The number of benzene rings is 1. The van der Waals surface area contributed by atoms with Crippen molar-refractivity contribution in [2.45, 2.75) is 26.7 Å². The summed E-state index contributed by atoms with van der Waals surface area (Å²) in [5, 5.41) is 7.84. The molecule has 0 bridgehead atoms. The van der Waals surface area contributed by atoms with Crippen LogP contribution < -0.4 is 10.1 Å². The van der Waals surface area contributed by atoms with Crippen molar-refractivity contribution in [3.05, 3.63) is 39.6 Å². The van der Waals surface area contributed by atoms with Crippen LogP contribution in [0.4, 0.5) is 5.69 Å². The number of carbonyl (C=O) groups is 2. The van der Waals surface area contributed by atoms with Crippen LogP contribution in [0, 0.1) is 13.8 Å². The first kappa shape index (κ1) is 21.1. The summed E-state index contributed by atoms with van der Waals surface area (Å²) in [5.74, 6) is -0.390. The minimum Gasteiger partial charge on any atom is -0.492 e. The van der Waals surface area contributed by atoms with Gasteiger partial charge in [-0.2, -0.15) is 5.10 Å². The monoisotopic (exact) mass is 413 g/mol. The number of carbonyl (C=O) groups excluding carboxylic acids is 2. The molecule has 0 aliphatic carbocycles. The van der Waals surface area contributed by atoms with Crippen LogP contribution in [0.25, 0.3) is 0 Å². The second kappa shape index (κ2) is 9.62. The maximum absolute atomic E-state index is 11.9. The lowest BCUT2D eigenvalue weighted by Gasteiger charge is -2.09. The Morgan fingerprint density at radius 2 is 2.00 bits per heavy atom. The van der Waals surface area contributed by atoms with E-state index >= 15 is 0 Å². The maximum Gasteiger partial charge on any atom is 0.306 e. The Morgan fingerprint density at radius 3 is 2.63 bits per heavy atom. The van der Waals surface area contributed by atoms with Crippen molar-refractivity contribution < 1.29 is 19.1 Å². The van der Waals surface area contributed by atoms with Gasteiger partial charge in [0.1, 0.15) is 5.75 Å². The van der Waals surface area contributed by atoms with Gasteiger partial charge in [-0.1, -0.05) is 23.2 Å². The van der Waals surface area contributed by atoms with E-state index in [4.69, 9.17) is 32.7 Å². The topological polar surface area (TPSA) is 82.5 Å². The highest BCUT2D eigenvalue weighted by molar-refractivity contribution is 6.35. The molecule has 0 radical (unpaired) electrons. The molecule has 0 atom stereocenters. The largest absolute Gasteiger partial charge is 0.492 e. The Morgan fingerprint density at radius 1 is 1.26 bits per heavy atom. The molecule has 0 aliphatic heterocycles. The Labute approximate surface area is 167 Å². The van der Waals surface area contributed by atoms with Crippen molar-refractivity contribution in [3.63, 3.8) is 0 Å². The fraction of sp³-hybridized carbons (Fsp3) is 0.389. The average molecular weight is 414 g/mol. The number of esters is 1. The van der Waals surface area contributed by atoms with Crippen molar-refractivity contribution in [2.75, 3.05) is 18.5 Å². The summed E-state index contributed by atoms with van der Waals surface area (Å²) < 4.78 is 12.1. The van der Waals surface area contributed by atoms with Crippen molar-refractivity contribution in [1.82, 2.24) is 9.78 Å². The van der Waals surface area contributed by atoms with Crippen LogP contribution in [0.2, 0.25) is 10.0 Å². The molecule has 1 aromatic carbocycles. The molecule has 0 saturated heterocycles. The first-order valence-electron chi connectivity index (χ1n) is 8.31. The smallest absolute Gasteiger partial charge is 0.306 e. The fourth-order valence-electron chi connectivity index (χ4n) is 2.34. The third kappa shape index (κ3) is 6.15. The van der Waals surface area contributed by atoms with Crippen LogP contribution >= 0.6 is 23.2 Å². The Balaban J connectivity index is 1.67. The predicted octanol–water partition coefficient (Wildman–Crippen LogP) is 3.68. The van der Waals surface area contributed by atoms with Crippen molar-refractivity contribution in [2.24, 2.45) is 7.05 Å². The summed E-state index contributed by atoms with van der Waals surface area (Å²) in [4.78, 5) is 23.7. The van der Waals surface area contributed by atoms with Gasteiger partial charge in [-0.3, -0.25) is 14.3 Å². The number of nitrogens with one attached hydrogen (secondary N) is 1. The standard InChI is InChI=1S/C18H21Cl2N3O4/c1-11-18(12(2)23(3)22-11)21-16(24)10-27-17(25)5-4-8-26-15-7-6-13(19)9-14(15)20/h6-7,9H,4-5,8,10H2,1-3H3,(H,21,24). The fourth-order valence-corrected chi connectivity index (χ4v) is 2.80. The number of rotatable bonds is 8. The van der Waals surface area contributed by atoms with Gasteiger partial charge in [-0.15, -0.1) is 0 Å². The predicted molar refractivity (Wildman–Crippen MR) is 103 cm³/mol. The SMILES string of the molecule is Cc1nn(C)c(C)c1NC(=O)COC(=O)CCCOc1ccc(Cl)cc1Cl. The molecule has 2 rings (SSSR count). The molecule has 1 aromatic heterocycles. The van der Waals surface area contributed by atoms with E-state index in [-0.39, 0.29) is 19.6 Å². The van der Waals surface area contributed by atoms with E-state index in [1.165, 1.54) is 0 Å². The van der Waals surface area contributed by atoms with Gasteiger partial charge in [0.25, 0.3) is 5.91 Å². The third-order valence-electron chi connectivity index (χ3n) is 3.81. The minimum atomic E-state index is -0.476. The molecule has 146 valence electrons. The maximum atomic E-state index is 11.9. The first-order chi connectivity index (χ1) is 12.8. The van der Waals surface area contributed by atoms with Crippen LogP contribution in [0.3, 0.4) is 0 Å². The van der Waals surface area contributed by atoms with Gasteiger partial charge in [0.05, 0.1) is 28.7 Å². The summed E-state index contributed by atoms with van der Waals surface area (Å²) in [6.45, 7) is 3.57. The average Bonchev–Trinajstić information content (AvgIpc) is 2.84. The molecule has 0 fully saturated rings. The highest BCUT2D eigenvalue weighted by atomic mass is 35.5. The molecular weight excluding hydrogens is 393 g/mol. The van der Waals surface area contributed by atoms with Gasteiger partial charge in [-0.25, -0.2) is 0 Å². The van der Waals surface area contributed by atoms with Gasteiger partial charge in [0.2, 0.25) is 0 Å². The molecule has 27 heavy (non-hydrogen) atoms. The Bertz CT molecular complexity index is 836. The highest BCUT2D eigenvalue weighted by Crippen LogP contribution is 2.27. The number of amides is 1. The van der Waals surface area contributed by atoms with Crippen LogP contribution in [0.5, 0.6) is 5.75 Å². The number of aryl methyl sites for hydroxylation is 2. The Kier molecular flexibility index (Phi) is 7.50. The van der Waals surface area contributed by atoms with Crippen LogP contribution in [-0.2, 0) is 21.4 Å². The zero-order valence-electron chi connectivity index (χ0n) is 15.3. The summed E-state index contributed by atoms with van der Waals surface area (Å²) in [5.41, 5.74) is 2.16. The number of hydrogen-bond acceptors (Lipinski definition) is 5. The number of nitrogens with zero attached hydrogens (tertiary/aromatic N) is 2. The molecule has 0 spiro atoms. The van der Waals surface area contributed by atoms with Gasteiger partial charge in [-0.05, 0) is 38.5 Å². The van der Waals surface area contributed by atoms with Crippen molar-refractivity contribution >= 4 is 40.8 Å². The van der Waals surface area contributed by atoms with E-state index in [0.29, 0.717) is 33.6 Å². The Hall–Kier alpha value is -2.25. The summed E-state index contributed by atoms with van der Waals surface area (Å²) in [6.07, 6.45) is 0.559. The van der Waals surface area contributed by atoms with E-state index in [2.05, 4.69) is 10.4 Å². The molecule has 0 saturated carbocycles. The molecule has 0 unspecified atom stereocenters. The van der Waals surface area contributed by atoms with Gasteiger partial charge < -0.3 is 14.8 Å². The van der Waals surface area contributed by atoms with E-state index in [9.17, 15) is 9.59 Å². The highest BCUT2D eigenvalue weighted by Gasteiger charge is 2.14. The first-order valence-corrected chi connectivity index (χ1v) is 9.07. The molecule has 1 amide bonds. The number of aromatic nitrogens is 2. The lowest BCUT2D eigenvalue weighted by atomic mass is 10.3. The quantitative estimate of drug-likeness (QED) is 0.526. The second-order valence-corrected chi connectivity index (χ2v) is 6.75. The van der Waals surface area contributed by atoms with E-state index < -0.39 is 11.9 Å². The molecule has 2 aromatic rings. The van der Waals surface area contributed by atoms with Crippen LogP contribution in [-0.4, -0.2) is 34.9 Å². The number of ether oxygens (including phenoxy) is 2. The third-order valence-corrected chi connectivity index (χ3v) is 4.34. The van der Waals surface area contributed by atoms with Crippen molar-refractivity contribution in [1.29, 1.82) is 0 Å². The lowest BCUT2D eigenvalue weighted by molar-refractivity contribution is -0.147. The molecule has 1 heterocycles. The number of anilines is 1. The van der Waals surface area contributed by atoms with Crippen LogP contribution in [0.15, 0.2) is 18.2 Å².